The van der Waals surface area contributed by atoms with Gasteiger partial charge in [0.1, 0.15) is 11.5 Å². The predicted molar refractivity (Wildman–Crippen MR) is 122 cm³/mol. The average Bonchev–Trinajstić information content (AvgIpc) is 3.22. The summed E-state index contributed by atoms with van der Waals surface area (Å²) in [7, 11) is 1.68. The third kappa shape index (κ3) is 4.77. The minimum Gasteiger partial charge on any atom is -0.497 e. The molecule has 7 heteroatoms. The van der Waals surface area contributed by atoms with Crippen molar-refractivity contribution in [2.45, 2.75) is 32.6 Å². The zero-order valence-corrected chi connectivity index (χ0v) is 18.6. The quantitative estimate of drug-likeness (QED) is 0.641. The monoisotopic (exact) mass is 435 g/mol. The van der Waals surface area contributed by atoms with Crippen molar-refractivity contribution in [3.8, 4) is 0 Å². The van der Waals surface area contributed by atoms with Gasteiger partial charge in [0.25, 0.3) is 5.91 Å². The lowest BCUT2D eigenvalue weighted by Gasteiger charge is -2.27. The molecule has 2 aliphatic rings. The molecule has 4 rings (SSSR count). The van der Waals surface area contributed by atoms with Crippen LogP contribution in [-0.4, -0.2) is 23.0 Å². The van der Waals surface area contributed by atoms with Crippen LogP contribution in [0.25, 0.3) is 0 Å². The summed E-state index contributed by atoms with van der Waals surface area (Å²) in [5.41, 5.74) is 2.67. The Morgan fingerprint density at radius 3 is 2.84 bits per heavy atom. The summed E-state index contributed by atoms with van der Waals surface area (Å²) in [5.74, 6) is 2.60. The maximum atomic E-state index is 12.4. The molecule has 0 aliphatic heterocycles. The summed E-state index contributed by atoms with van der Waals surface area (Å²) in [6.45, 7) is 4.25. The Labute approximate surface area is 186 Å². The van der Waals surface area contributed by atoms with Crippen LogP contribution in [0.2, 0.25) is 0 Å². The molecule has 0 radical (unpaired) electrons. The van der Waals surface area contributed by atoms with E-state index in [0.717, 1.165) is 35.8 Å². The van der Waals surface area contributed by atoms with Gasteiger partial charge in [0, 0.05) is 35.7 Å². The van der Waals surface area contributed by atoms with Crippen LogP contribution in [0.3, 0.4) is 0 Å². The summed E-state index contributed by atoms with van der Waals surface area (Å²) >= 11 is 1.43. The number of nitrogens with zero attached hydrogens (tertiary/aromatic N) is 2. The van der Waals surface area contributed by atoms with Crippen molar-refractivity contribution in [2.24, 2.45) is 5.92 Å². The Morgan fingerprint density at radius 2 is 2.10 bits per heavy atom. The van der Waals surface area contributed by atoms with Crippen molar-refractivity contribution in [3.63, 3.8) is 0 Å². The number of aromatic nitrogens is 2. The molecule has 0 bridgehead atoms. The third-order valence-electron chi connectivity index (χ3n) is 5.37. The number of hydrogen-bond acceptors (Lipinski definition) is 6. The van der Waals surface area contributed by atoms with E-state index in [4.69, 9.17) is 9.47 Å². The van der Waals surface area contributed by atoms with Crippen LogP contribution in [0.1, 0.15) is 48.7 Å². The molecular formula is C24H25N3O3S. The Balaban J connectivity index is 1.47. The zero-order valence-electron chi connectivity index (χ0n) is 17.8. The first kappa shape index (κ1) is 21.1. The highest BCUT2D eigenvalue weighted by atomic mass is 32.1. The summed E-state index contributed by atoms with van der Waals surface area (Å²) in [4.78, 5) is 21.0. The van der Waals surface area contributed by atoms with Gasteiger partial charge in [-0.2, -0.15) is 0 Å². The number of amides is 1. The van der Waals surface area contributed by atoms with E-state index in [1.165, 1.54) is 16.9 Å². The summed E-state index contributed by atoms with van der Waals surface area (Å²) < 4.78 is 11.6. The molecule has 2 atom stereocenters. The fourth-order valence-corrected chi connectivity index (χ4v) is 4.64. The molecule has 160 valence electrons. The molecule has 0 saturated carbocycles. The molecule has 2 aromatic heterocycles. The van der Waals surface area contributed by atoms with E-state index >= 15 is 0 Å². The number of rotatable bonds is 6. The highest BCUT2D eigenvalue weighted by molar-refractivity contribution is 7.14. The van der Waals surface area contributed by atoms with Gasteiger partial charge in [-0.1, -0.05) is 18.6 Å². The van der Waals surface area contributed by atoms with Gasteiger partial charge in [0.05, 0.1) is 12.8 Å². The number of hydrogen-bond donors (Lipinski definition) is 1. The number of methoxy groups -OCH3 is 1. The predicted octanol–water partition coefficient (Wildman–Crippen LogP) is 5.58. The normalized spacial score (nSPS) is 20.7. The second kappa shape index (κ2) is 9.31. The van der Waals surface area contributed by atoms with Crippen LogP contribution >= 0.6 is 11.3 Å². The molecule has 1 amide bonds. The largest absolute Gasteiger partial charge is 0.497 e. The summed E-state index contributed by atoms with van der Waals surface area (Å²) in [6, 6.07) is 3.36. The number of nitrogens with one attached hydrogen (secondary N) is 1. The van der Waals surface area contributed by atoms with E-state index in [1.54, 1.807) is 31.6 Å². The first-order valence-corrected chi connectivity index (χ1v) is 11.1. The van der Waals surface area contributed by atoms with E-state index < -0.39 is 0 Å². The number of allylic oxidation sites excluding steroid dienone is 6. The van der Waals surface area contributed by atoms with E-state index in [2.05, 4.69) is 47.4 Å². The SMILES string of the molecule is COC1=C(OC2=CC(C)C(c3csc(NC(=O)c4ccncc4)n3)C(C)=C2)C=CCC1. The van der Waals surface area contributed by atoms with Crippen LogP contribution < -0.4 is 5.32 Å². The number of ether oxygens (including phenoxy) is 2. The van der Waals surface area contributed by atoms with Gasteiger partial charge in [0.15, 0.2) is 10.9 Å². The topological polar surface area (TPSA) is 73.3 Å². The lowest BCUT2D eigenvalue weighted by atomic mass is 9.81. The van der Waals surface area contributed by atoms with Crippen LogP contribution in [0, 0.1) is 5.92 Å². The van der Waals surface area contributed by atoms with Crippen molar-refractivity contribution in [1.82, 2.24) is 9.97 Å². The van der Waals surface area contributed by atoms with E-state index in [9.17, 15) is 4.79 Å². The number of thiazole rings is 1. The Kier molecular flexibility index (Phi) is 6.32. The smallest absolute Gasteiger partial charge is 0.257 e. The second-order valence-corrected chi connectivity index (χ2v) is 8.45. The van der Waals surface area contributed by atoms with Gasteiger partial charge < -0.3 is 9.47 Å². The molecule has 2 aromatic rings. The molecule has 0 saturated heterocycles. The van der Waals surface area contributed by atoms with Crippen molar-refractivity contribution in [1.29, 1.82) is 0 Å². The van der Waals surface area contributed by atoms with Crippen molar-refractivity contribution < 1.29 is 14.3 Å². The molecule has 2 heterocycles. The molecule has 2 aliphatic carbocycles. The first-order valence-electron chi connectivity index (χ1n) is 10.2. The second-order valence-electron chi connectivity index (χ2n) is 7.60. The molecule has 6 nitrogen and oxygen atoms in total. The van der Waals surface area contributed by atoms with Crippen LogP contribution in [0.4, 0.5) is 5.13 Å². The van der Waals surface area contributed by atoms with Gasteiger partial charge in [0.2, 0.25) is 0 Å². The van der Waals surface area contributed by atoms with E-state index in [1.807, 2.05) is 11.5 Å². The number of pyridine rings is 1. The fourth-order valence-electron chi connectivity index (χ4n) is 3.90. The molecular weight excluding hydrogens is 410 g/mol. The van der Waals surface area contributed by atoms with Crippen LogP contribution in [0.15, 0.2) is 77.1 Å². The highest BCUT2D eigenvalue weighted by Gasteiger charge is 2.27. The Hall–Kier alpha value is -3.19. The standard InChI is InChI=1S/C24H25N3O3S/c1-15-12-18(30-21-7-5-4-6-20(21)29-3)13-16(2)22(15)19-14-31-24(26-19)27-23(28)17-8-10-25-11-9-17/h5,7-15,22H,4,6H2,1-3H3,(H,26,27,28). The van der Waals surface area contributed by atoms with Gasteiger partial charge in [-0.15, -0.1) is 11.3 Å². The van der Waals surface area contributed by atoms with E-state index in [0.29, 0.717) is 10.7 Å². The van der Waals surface area contributed by atoms with Gasteiger partial charge >= 0.3 is 0 Å². The van der Waals surface area contributed by atoms with Crippen molar-refractivity contribution in [2.75, 3.05) is 12.4 Å². The molecule has 0 spiro atoms. The van der Waals surface area contributed by atoms with Crippen molar-refractivity contribution in [3.05, 3.63) is 88.3 Å². The lowest BCUT2D eigenvalue weighted by Crippen LogP contribution is -2.16. The molecule has 31 heavy (non-hydrogen) atoms. The Bertz CT molecular complexity index is 1080. The Morgan fingerprint density at radius 1 is 1.29 bits per heavy atom. The first-order chi connectivity index (χ1) is 15.0. The van der Waals surface area contributed by atoms with Crippen LogP contribution in [-0.2, 0) is 9.47 Å². The molecule has 1 N–H and O–H groups in total. The highest BCUT2D eigenvalue weighted by Crippen LogP contribution is 2.39. The van der Waals surface area contributed by atoms with Gasteiger partial charge in [-0.05, 0) is 49.6 Å². The summed E-state index contributed by atoms with van der Waals surface area (Å²) in [5, 5.41) is 5.47. The minimum atomic E-state index is -0.189. The molecule has 0 fully saturated rings. The lowest BCUT2D eigenvalue weighted by molar-refractivity contribution is 0.102. The van der Waals surface area contributed by atoms with Gasteiger partial charge in [-0.3, -0.25) is 15.1 Å². The number of anilines is 1. The zero-order chi connectivity index (χ0) is 21.8. The van der Waals surface area contributed by atoms with Crippen LogP contribution in [0.5, 0.6) is 0 Å². The summed E-state index contributed by atoms with van der Waals surface area (Å²) in [6.07, 6.45) is 13.3. The number of carbonyl (C=O) groups excluding carboxylic acids is 1. The maximum Gasteiger partial charge on any atom is 0.257 e. The average molecular weight is 436 g/mol. The van der Waals surface area contributed by atoms with E-state index in [-0.39, 0.29) is 17.7 Å². The number of carbonyl (C=O) groups is 1. The van der Waals surface area contributed by atoms with Gasteiger partial charge in [-0.25, -0.2) is 4.98 Å². The fraction of sp³-hybridized carbons (Fsp3) is 0.292. The molecule has 2 unspecified atom stereocenters. The minimum absolute atomic E-state index is 0.132. The van der Waals surface area contributed by atoms with Crippen molar-refractivity contribution >= 4 is 22.4 Å². The maximum absolute atomic E-state index is 12.4. The third-order valence-corrected chi connectivity index (χ3v) is 6.15. The molecule has 0 aromatic carbocycles.